The van der Waals surface area contributed by atoms with Crippen molar-refractivity contribution in [2.45, 2.75) is 26.4 Å². The Morgan fingerprint density at radius 1 is 1.04 bits per heavy atom. The first-order valence-corrected chi connectivity index (χ1v) is 8.20. The largest absolute Gasteiger partial charge is 0.493 e. The number of nitrogens with zero attached hydrogens (tertiary/aromatic N) is 1. The van der Waals surface area contributed by atoms with Crippen molar-refractivity contribution in [2.24, 2.45) is 5.16 Å². The molecule has 0 amide bonds. The van der Waals surface area contributed by atoms with Crippen LogP contribution in [0, 0.1) is 0 Å². The molecule has 0 radical (unpaired) electrons. The van der Waals surface area contributed by atoms with Gasteiger partial charge in [0.2, 0.25) is 0 Å². The molecule has 0 atom stereocenters. The van der Waals surface area contributed by atoms with Crippen LogP contribution in [0.2, 0.25) is 10.0 Å². The molecular formula is C18H19Cl2NO3. The molecule has 0 aromatic heterocycles. The van der Waals surface area contributed by atoms with E-state index >= 15 is 0 Å². The molecule has 1 N–H and O–H groups in total. The minimum absolute atomic E-state index is 0.364. The number of hydrogen-bond acceptors (Lipinski definition) is 4. The zero-order valence-electron chi connectivity index (χ0n) is 13.6. The zero-order valence-corrected chi connectivity index (χ0v) is 15.1. The number of rotatable bonds is 7. The van der Waals surface area contributed by atoms with Crippen LogP contribution in [0.5, 0.6) is 11.5 Å². The van der Waals surface area contributed by atoms with Crippen LogP contribution in [0.25, 0.3) is 0 Å². The van der Waals surface area contributed by atoms with E-state index in [0.717, 1.165) is 17.5 Å². The van der Waals surface area contributed by atoms with E-state index in [9.17, 15) is 0 Å². The van der Waals surface area contributed by atoms with Crippen molar-refractivity contribution >= 4 is 28.9 Å². The van der Waals surface area contributed by atoms with Crippen LogP contribution in [0.3, 0.4) is 0 Å². The minimum atomic E-state index is 0.364. The molecule has 0 aliphatic carbocycles. The maximum absolute atomic E-state index is 8.70. The van der Waals surface area contributed by atoms with Gasteiger partial charge in [-0.1, -0.05) is 40.5 Å². The molecule has 2 aromatic rings. The first-order chi connectivity index (χ1) is 11.5. The first-order valence-electron chi connectivity index (χ1n) is 7.44. The van der Waals surface area contributed by atoms with Crippen LogP contribution in [0.1, 0.15) is 24.5 Å². The van der Waals surface area contributed by atoms with Crippen molar-refractivity contribution in [3.8, 4) is 11.5 Å². The van der Waals surface area contributed by atoms with Crippen LogP contribution in [-0.4, -0.2) is 18.0 Å². The SMILES string of the molecule is COc1cc(CC/C(C)=N\O)ccc1OCc1ccc(Cl)c(Cl)c1. The highest BCUT2D eigenvalue weighted by atomic mass is 35.5. The molecule has 0 aliphatic heterocycles. The molecular weight excluding hydrogens is 349 g/mol. The second-order valence-electron chi connectivity index (χ2n) is 5.36. The van der Waals surface area contributed by atoms with E-state index in [2.05, 4.69) is 5.16 Å². The second-order valence-corrected chi connectivity index (χ2v) is 6.17. The molecule has 0 saturated carbocycles. The number of oxime groups is 1. The number of benzene rings is 2. The van der Waals surface area contributed by atoms with Gasteiger partial charge < -0.3 is 14.7 Å². The molecule has 0 aliphatic rings. The third-order valence-electron chi connectivity index (χ3n) is 3.55. The van der Waals surface area contributed by atoms with Gasteiger partial charge in [-0.2, -0.15) is 0 Å². The highest BCUT2D eigenvalue weighted by Crippen LogP contribution is 2.30. The quantitative estimate of drug-likeness (QED) is 0.406. The Morgan fingerprint density at radius 2 is 1.79 bits per heavy atom. The Morgan fingerprint density at radius 3 is 2.46 bits per heavy atom. The van der Waals surface area contributed by atoms with Gasteiger partial charge in [-0.25, -0.2) is 0 Å². The lowest BCUT2D eigenvalue weighted by Crippen LogP contribution is -2.00. The lowest BCUT2D eigenvalue weighted by atomic mass is 10.1. The van der Waals surface area contributed by atoms with Gasteiger partial charge >= 0.3 is 0 Å². The molecule has 6 heteroatoms. The van der Waals surface area contributed by atoms with Crippen molar-refractivity contribution < 1.29 is 14.7 Å². The molecule has 128 valence electrons. The standard InChI is InChI=1S/C18H19Cl2NO3/c1-12(21-22)3-4-13-6-8-17(18(10-13)23-2)24-11-14-5-7-15(19)16(20)9-14/h5-10,22H,3-4,11H2,1-2H3/b21-12-. The number of hydrogen-bond donors (Lipinski definition) is 1. The second kappa shape index (κ2) is 8.81. The van der Waals surface area contributed by atoms with Crippen LogP contribution in [0.4, 0.5) is 0 Å². The van der Waals surface area contributed by atoms with Crippen molar-refractivity contribution in [3.63, 3.8) is 0 Å². The summed E-state index contributed by atoms with van der Waals surface area (Å²) >= 11 is 11.9. The van der Waals surface area contributed by atoms with Gasteiger partial charge in [0.15, 0.2) is 11.5 Å². The van der Waals surface area contributed by atoms with Gasteiger partial charge in [0.25, 0.3) is 0 Å². The number of halogens is 2. The summed E-state index contributed by atoms with van der Waals surface area (Å²) in [6, 6.07) is 11.2. The Hall–Kier alpha value is -1.91. The van der Waals surface area contributed by atoms with Gasteiger partial charge in [-0.15, -0.1) is 0 Å². The fraction of sp³-hybridized carbons (Fsp3) is 0.278. The molecule has 0 fully saturated rings. The normalized spacial score (nSPS) is 11.4. The summed E-state index contributed by atoms with van der Waals surface area (Å²) in [6.07, 6.45) is 1.45. The van der Waals surface area contributed by atoms with E-state index in [-0.39, 0.29) is 0 Å². The Bertz CT molecular complexity index is 732. The topological polar surface area (TPSA) is 51.0 Å². The van der Waals surface area contributed by atoms with Crippen LogP contribution >= 0.6 is 23.2 Å². The number of ether oxygens (including phenoxy) is 2. The van der Waals surface area contributed by atoms with Crippen molar-refractivity contribution in [1.29, 1.82) is 0 Å². The maximum atomic E-state index is 8.70. The monoisotopic (exact) mass is 367 g/mol. The molecule has 0 saturated heterocycles. The van der Waals surface area contributed by atoms with Gasteiger partial charge in [-0.3, -0.25) is 0 Å². The summed E-state index contributed by atoms with van der Waals surface area (Å²) in [5.74, 6) is 1.31. The predicted molar refractivity (Wildman–Crippen MR) is 97.0 cm³/mol. The summed E-state index contributed by atoms with van der Waals surface area (Å²) in [4.78, 5) is 0. The summed E-state index contributed by atoms with van der Waals surface area (Å²) < 4.78 is 11.2. The molecule has 2 aromatic carbocycles. The Kier molecular flexibility index (Phi) is 6.76. The number of methoxy groups -OCH3 is 1. The highest BCUT2D eigenvalue weighted by Gasteiger charge is 2.08. The average Bonchev–Trinajstić information content (AvgIpc) is 2.60. The summed E-state index contributed by atoms with van der Waals surface area (Å²) in [7, 11) is 1.60. The molecule has 24 heavy (non-hydrogen) atoms. The van der Waals surface area contributed by atoms with E-state index in [0.29, 0.717) is 40.3 Å². The van der Waals surface area contributed by atoms with Crippen LogP contribution in [0.15, 0.2) is 41.6 Å². The van der Waals surface area contributed by atoms with Gasteiger partial charge in [0.1, 0.15) is 6.61 Å². The fourth-order valence-electron chi connectivity index (χ4n) is 2.15. The third-order valence-corrected chi connectivity index (χ3v) is 4.29. The molecule has 0 spiro atoms. The van der Waals surface area contributed by atoms with Crippen LogP contribution in [-0.2, 0) is 13.0 Å². The maximum Gasteiger partial charge on any atom is 0.161 e. The zero-order chi connectivity index (χ0) is 17.5. The third kappa shape index (κ3) is 5.05. The van der Waals surface area contributed by atoms with Crippen molar-refractivity contribution in [1.82, 2.24) is 0 Å². The lowest BCUT2D eigenvalue weighted by Gasteiger charge is -2.12. The molecule has 0 heterocycles. The van der Waals surface area contributed by atoms with Crippen LogP contribution < -0.4 is 9.47 Å². The number of aryl methyl sites for hydroxylation is 1. The van der Waals surface area contributed by atoms with Gasteiger partial charge in [0.05, 0.1) is 22.9 Å². The van der Waals surface area contributed by atoms with E-state index in [1.807, 2.05) is 24.3 Å². The Balaban J connectivity index is 2.05. The molecule has 4 nitrogen and oxygen atoms in total. The van der Waals surface area contributed by atoms with Gasteiger partial charge in [-0.05, 0) is 55.2 Å². The average molecular weight is 368 g/mol. The summed E-state index contributed by atoms with van der Waals surface area (Å²) in [5.41, 5.74) is 2.69. The first kappa shape index (κ1) is 18.4. The smallest absolute Gasteiger partial charge is 0.161 e. The summed E-state index contributed by atoms with van der Waals surface area (Å²) in [5, 5.41) is 12.9. The molecule has 0 unspecified atom stereocenters. The van der Waals surface area contributed by atoms with E-state index in [1.54, 1.807) is 26.2 Å². The minimum Gasteiger partial charge on any atom is -0.493 e. The van der Waals surface area contributed by atoms with Crippen molar-refractivity contribution in [2.75, 3.05) is 7.11 Å². The Labute approximate surface area is 151 Å². The highest BCUT2D eigenvalue weighted by molar-refractivity contribution is 6.42. The summed E-state index contributed by atoms with van der Waals surface area (Å²) in [6.45, 7) is 2.15. The van der Waals surface area contributed by atoms with E-state index in [4.69, 9.17) is 37.9 Å². The predicted octanol–water partition coefficient (Wildman–Crippen LogP) is 5.36. The fourth-order valence-corrected chi connectivity index (χ4v) is 2.47. The molecule has 2 rings (SSSR count). The van der Waals surface area contributed by atoms with E-state index in [1.165, 1.54) is 0 Å². The molecule has 0 bridgehead atoms. The lowest BCUT2D eigenvalue weighted by molar-refractivity contribution is 0.284. The van der Waals surface area contributed by atoms with Gasteiger partial charge in [0, 0.05) is 0 Å². The van der Waals surface area contributed by atoms with E-state index < -0.39 is 0 Å². The van der Waals surface area contributed by atoms with Crippen molar-refractivity contribution in [3.05, 3.63) is 57.6 Å².